The maximum Gasteiger partial charge on any atom is 0.276 e. The number of hydrogen-bond acceptors (Lipinski definition) is 3. The Kier molecular flexibility index (Phi) is 4.63. The van der Waals surface area contributed by atoms with Crippen molar-refractivity contribution >= 4 is 35.0 Å². The zero-order valence-corrected chi connectivity index (χ0v) is 13.8. The molecule has 1 aromatic carbocycles. The van der Waals surface area contributed by atoms with Crippen LogP contribution in [0.1, 0.15) is 19.4 Å². The van der Waals surface area contributed by atoms with E-state index < -0.39 is 0 Å². The molecule has 2 rings (SSSR count). The molecule has 0 atom stereocenters. The number of nitrogens with zero attached hydrogens (tertiary/aromatic N) is 3. The Hall–Kier alpha value is -1.88. The van der Waals surface area contributed by atoms with Crippen LogP contribution in [0, 0.1) is 0 Å². The van der Waals surface area contributed by atoms with E-state index in [9.17, 15) is 4.79 Å². The van der Waals surface area contributed by atoms with E-state index in [0.717, 1.165) is 18.7 Å². The smallest absolute Gasteiger partial charge is 0.276 e. The Bertz CT molecular complexity index is 576. The Balaban J connectivity index is 2.26. The van der Waals surface area contributed by atoms with Crippen LogP contribution in [-0.4, -0.2) is 48.0 Å². The fourth-order valence-electron chi connectivity index (χ4n) is 2.42. The van der Waals surface area contributed by atoms with E-state index in [1.807, 2.05) is 25.3 Å². The van der Waals surface area contributed by atoms with Gasteiger partial charge >= 0.3 is 0 Å². The van der Waals surface area contributed by atoms with Crippen LogP contribution < -0.4 is 4.90 Å². The predicted molar refractivity (Wildman–Crippen MR) is 91.1 cm³/mol. The summed E-state index contributed by atoms with van der Waals surface area (Å²) >= 11 is 5.20. The summed E-state index contributed by atoms with van der Waals surface area (Å²) in [5, 5.41) is 0.533. The number of carbonyl (C=O) groups excluding carboxylic acids is 1. The van der Waals surface area contributed by atoms with E-state index in [1.54, 1.807) is 11.9 Å². The molecule has 0 unspecified atom stereocenters. The third-order valence-electron chi connectivity index (χ3n) is 3.78. The second kappa shape index (κ2) is 6.26. The van der Waals surface area contributed by atoms with Crippen molar-refractivity contribution in [2.75, 3.05) is 32.1 Å². The van der Waals surface area contributed by atoms with E-state index in [0.29, 0.717) is 10.8 Å². The zero-order chi connectivity index (χ0) is 15.6. The highest BCUT2D eigenvalue weighted by atomic mass is 32.1. The fraction of sp³-hybridized carbons (Fsp3) is 0.375. The topological polar surface area (TPSA) is 26.8 Å². The number of benzene rings is 1. The molecule has 112 valence electrons. The molecule has 1 aliphatic heterocycles. The van der Waals surface area contributed by atoms with Crippen molar-refractivity contribution in [3.05, 3.63) is 35.5 Å². The quantitative estimate of drug-likeness (QED) is 0.631. The van der Waals surface area contributed by atoms with Gasteiger partial charge in [0.1, 0.15) is 5.70 Å². The van der Waals surface area contributed by atoms with Crippen molar-refractivity contribution in [1.29, 1.82) is 0 Å². The molecule has 0 saturated carbocycles. The summed E-state index contributed by atoms with van der Waals surface area (Å²) in [6.45, 7) is 6.25. The molecule has 21 heavy (non-hydrogen) atoms. The Labute approximate surface area is 131 Å². The highest BCUT2D eigenvalue weighted by molar-refractivity contribution is 7.80. The summed E-state index contributed by atoms with van der Waals surface area (Å²) in [5.41, 5.74) is 2.80. The molecule has 0 aromatic heterocycles. The van der Waals surface area contributed by atoms with Crippen molar-refractivity contribution in [2.45, 2.75) is 13.8 Å². The standard InChI is InChI=1S/C16H21N3OS/c1-5-19(6-2)13-9-7-12(8-10-13)11-14-15(20)18(4)16(21)17(14)3/h7-11H,5-6H2,1-4H3/b14-11+. The molecule has 0 spiro atoms. The van der Waals surface area contributed by atoms with Gasteiger partial charge in [0.15, 0.2) is 5.11 Å². The molecule has 0 bridgehead atoms. The van der Waals surface area contributed by atoms with Crippen molar-refractivity contribution in [3.8, 4) is 0 Å². The highest BCUT2D eigenvalue weighted by Gasteiger charge is 2.32. The summed E-state index contributed by atoms with van der Waals surface area (Å²) in [6.07, 6.45) is 1.88. The fourth-order valence-corrected chi connectivity index (χ4v) is 2.60. The monoisotopic (exact) mass is 303 g/mol. The number of carbonyl (C=O) groups is 1. The number of anilines is 1. The molecular weight excluding hydrogens is 282 g/mol. The summed E-state index contributed by atoms with van der Waals surface area (Å²) < 4.78 is 0. The largest absolute Gasteiger partial charge is 0.372 e. The maximum absolute atomic E-state index is 12.1. The van der Waals surface area contributed by atoms with Crippen molar-refractivity contribution in [2.24, 2.45) is 0 Å². The lowest BCUT2D eigenvalue weighted by Gasteiger charge is -2.21. The minimum absolute atomic E-state index is 0.0599. The van der Waals surface area contributed by atoms with Crippen LogP contribution in [0.5, 0.6) is 0 Å². The van der Waals surface area contributed by atoms with Crippen LogP contribution in [-0.2, 0) is 4.79 Å². The van der Waals surface area contributed by atoms with Gasteiger partial charge in [-0.25, -0.2) is 0 Å². The molecule has 1 aromatic rings. The zero-order valence-electron chi connectivity index (χ0n) is 13.0. The lowest BCUT2D eigenvalue weighted by Crippen LogP contribution is -2.26. The van der Waals surface area contributed by atoms with Gasteiger partial charge in [-0.05, 0) is 49.8 Å². The molecule has 1 amide bonds. The molecular formula is C16H21N3OS. The molecule has 5 heteroatoms. The van der Waals surface area contributed by atoms with Crippen LogP contribution in [0.3, 0.4) is 0 Å². The maximum atomic E-state index is 12.1. The third kappa shape index (κ3) is 2.93. The summed E-state index contributed by atoms with van der Waals surface area (Å²) in [7, 11) is 3.52. The molecule has 1 fully saturated rings. The normalized spacial score (nSPS) is 17.0. The highest BCUT2D eigenvalue weighted by Crippen LogP contribution is 2.22. The molecule has 1 saturated heterocycles. The van der Waals surface area contributed by atoms with Gasteiger partial charge in [-0.1, -0.05) is 12.1 Å². The number of hydrogen-bond donors (Lipinski definition) is 0. The molecule has 1 heterocycles. The van der Waals surface area contributed by atoms with Crippen LogP contribution in [0.2, 0.25) is 0 Å². The molecule has 0 radical (unpaired) electrons. The van der Waals surface area contributed by atoms with Gasteiger partial charge in [0.2, 0.25) is 0 Å². The average molecular weight is 303 g/mol. The van der Waals surface area contributed by atoms with Crippen LogP contribution >= 0.6 is 12.2 Å². The first-order valence-corrected chi connectivity index (χ1v) is 7.52. The minimum atomic E-state index is -0.0599. The van der Waals surface area contributed by atoms with Crippen LogP contribution in [0.4, 0.5) is 5.69 Å². The number of rotatable bonds is 4. The average Bonchev–Trinajstić information content (AvgIpc) is 2.68. The van der Waals surface area contributed by atoms with Gasteiger partial charge in [-0.3, -0.25) is 9.69 Å². The van der Waals surface area contributed by atoms with Crippen LogP contribution in [0.15, 0.2) is 30.0 Å². The first kappa shape index (κ1) is 15.5. The SMILES string of the molecule is CCN(CC)c1ccc(/C=C2\C(=O)N(C)C(=S)N2C)cc1. The second-order valence-corrected chi connectivity index (χ2v) is 5.36. The van der Waals surface area contributed by atoms with Crippen molar-refractivity contribution in [3.63, 3.8) is 0 Å². The minimum Gasteiger partial charge on any atom is -0.372 e. The predicted octanol–water partition coefficient (Wildman–Crippen LogP) is 2.56. The Morgan fingerprint density at radius 2 is 1.67 bits per heavy atom. The molecule has 1 aliphatic rings. The van der Waals surface area contributed by atoms with Crippen molar-refractivity contribution < 1.29 is 4.79 Å². The van der Waals surface area contributed by atoms with Gasteiger partial charge < -0.3 is 9.80 Å². The van der Waals surface area contributed by atoms with Crippen LogP contribution in [0.25, 0.3) is 6.08 Å². The second-order valence-electron chi connectivity index (χ2n) is 5.00. The molecule has 0 aliphatic carbocycles. The lowest BCUT2D eigenvalue weighted by molar-refractivity contribution is -0.121. The first-order valence-electron chi connectivity index (χ1n) is 7.12. The molecule has 0 N–H and O–H groups in total. The number of thiocarbonyl (C=S) groups is 1. The van der Waals surface area contributed by atoms with E-state index >= 15 is 0 Å². The summed E-state index contributed by atoms with van der Waals surface area (Å²) in [4.78, 5) is 17.6. The Morgan fingerprint density at radius 1 is 1.10 bits per heavy atom. The van der Waals surface area contributed by atoms with Gasteiger partial charge in [-0.2, -0.15) is 0 Å². The van der Waals surface area contributed by atoms with E-state index in [-0.39, 0.29) is 5.91 Å². The molecule has 4 nitrogen and oxygen atoms in total. The number of likely N-dealkylation sites (N-methyl/N-ethyl adjacent to an activating group) is 2. The Morgan fingerprint density at radius 3 is 2.10 bits per heavy atom. The first-order chi connectivity index (χ1) is 9.99. The van der Waals surface area contributed by atoms with Gasteiger partial charge in [0.05, 0.1) is 0 Å². The third-order valence-corrected chi connectivity index (χ3v) is 4.33. The van der Waals surface area contributed by atoms with Gasteiger partial charge in [0, 0.05) is 32.9 Å². The van der Waals surface area contributed by atoms with Crippen molar-refractivity contribution in [1.82, 2.24) is 9.80 Å². The lowest BCUT2D eigenvalue weighted by atomic mass is 10.1. The van der Waals surface area contributed by atoms with E-state index in [1.165, 1.54) is 10.6 Å². The van der Waals surface area contributed by atoms with E-state index in [4.69, 9.17) is 12.2 Å². The number of amides is 1. The summed E-state index contributed by atoms with van der Waals surface area (Å²) in [6, 6.07) is 8.23. The van der Waals surface area contributed by atoms with Gasteiger partial charge in [-0.15, -0.1) is 0 Å². The van der Waals surface area contributed by atoms with E-state index in [2.05, 4.69) is 30.9 Å². The van der Waals surface area contributed by atoms with Gasteiger partial charge in [0.25, 0.3) is 5.91 Å². The summed E-state index contributed by atoms with van der Waals surface area (Å²) in [5.74, 6) is -0.0599.